The van der Waals surface area contributed by atoms with E-state index in [0.717, 1.165) is 0 Å². The van der Waals surface area contributed by atoms with E-state index in [0.29, 0.717) is 0 Å². The molecule has 0 aromatic rings. The highest BCUT2D eigenvalue weighted by Gasteiger charge is 2.47. The summed E-state index contributed by atoms with van der Waals surface area (Å²) in [5, 5.41) is 0. The Labute approximate surface area is 202 Å². The van der Waals surface area contributed by atoms with Gasteiger partial charge < -0.3 is 0 Å². The van der Waals surface area contributed by atoms with Crippen molar-refractivity contribution in [2.75, 3.05) is 13.2 Å². The summed E-state index contributed by atoms with van der Waals surface area (Å²) in [5.41, 5.74) is 0. The van der Waals surface area contributed by atoms with Crippen molar-refractivity contribution in [3.63, 3.8) is 0 Å². The van der Waals surface area contributed by atoms with E-state index < -0.39 is 100 Å². The maximum Gasteiger partial charge on any atom is 0.397 e. The molecule has 0 spiro atoms. The molecule has 0 rings (SSSR count). The van der Waals surface area contributed by atoms with E-state index >= 15 is 0 Å². The highest BCUT2D eigenvalue weighted by atomic mass is 32.3. The third kappa shape index (κ3) is 18.5. The van der Waals surface area contributed by atoms with Gasteiger partial charge in [0.25, 0.3) is 0 Å². The molecule has 24 nitrogen and oxygen atoms in total. The van der Waals surface area contributed by atoms with Crippen LogP contribution in [0.3, 0.4) is 0 Å². The second-order valence-corrected chi connectivity index (χ2v) is 11.9. The van der Waals surface area contributed by atoms with Gasteiger partial charge in [-0.2, -0.15) is 50.5 Å². The molecule has 30 heteroatoms. The minimum absolute atomic E-state index is 2.05. The molecule has 0 aliphatic rings. The highest BCUT2D eigenvalue weighted by molar-refractivity contribution is 7.82. The first-order valence-electron chi connectivity index (χ1n) is 7.43. The summed E-state index contributed by atoms with van der Waals surface area (Å²) >= 11 is 0. The topological polar surface area (TPSA) is 382 Å². The molecular weight excluding hydrogens is 648 g/mol. The molecule has 218 valence electrons. The summed E-state index contributed by atoms with van der Waals surface area (Å²) < 4.78 is 207. The molecule has 0 unspecified atom stereocenters. The Bertz CT molecular complexity index is 1270. The lowest BCUT2D eigenvalue weighted by atomic mass is 10.0. The summed E-state index contributed by atoms with van der Waals surface area (Å²) in [4.78, 5) is 0. The van der Waals surface area contributed by atoms with E-state index in [1.807, 2.05) is 0 Å². The van der Waals surface area contributed by atoms with E-state index in [-0.39, 0.29) is 0 Å². The molecule has 0 saturated carbocycles. The van der Waals surface area contributed by atoms with Crippen LogP contribution in [0.2, 0.25) is 0 Å². The molecule has 0 aromatic heterocycles. The monoisotopic (exact) mass is 662 g/mol. The van der Waals surface area contributed by atoms with E-state index in [4.69, 9.17) is 27.3 Å². The predicted molar refractivity (Wildman–Crippen MR) is 101 cm³/mol. The average molecular weight is 663 g/mol. The summed E-state index contributed by atoms with van der Waals surface area (Å²) in [7, 11) is -35.2. The summed E-state index contributed by atoms with van der Waals surface area (Å²) in [6.45, 7) is -4.11. The molecule has 0 fully saturated rings. The minimum atomic E-state index is -6.06. The van der Waals surface area contributed by atoms with Gasteiger partial charge in [0, 0.05) is 0 Å². The smallest absolute Gasteiger partial charge is 0.264 e. The molecule has 0 aliphatic carbocycles. The van der Waals surface area contributed by atoms with Crippen LogP contribution in [0.25, 0.3) is 0 Å². The standard InChI is InChI=1S/C6H14O24S6/c7-31(8,9)25-1-3(27-33(13,14)15)5(29-35(19,20)21)6(30-36(22,23)24)4(28-34(16,17)18)2-26-32(10,11)12/h3-6H,1-2H2,(H,7,8,9)(H,10,11,12)(H,13,14,15)(H,16,17,18)(H,19,20,21)(H,22,23,24)/t3-,4-,5-,6-/m1/s1. The van der Waals surface area contributed by atoms with Gasteiger partial charge in [0.1, 0.15) is 24.4 Å². The molecule has 0 amide bonds. The Morgan fingerprint density at radius 2 is 0.611 bits per heavy atom. The first kappa shape index (κ1) is 35.2. The summed E-state index contributed by atoms with van der Waals surface area (Å²) in [6.07, 6.45) is -13.2. The maximum absolute atomic E-state index is 11.2. The Balaban J connectivity index is 7.12. The maximum atomic E-state index is 11.2. The fraction of sp³-hybridized carbons (Fsp3) is 1.00. The van der Waals surface area contributed by atoms with Gasteiger partial charge in [-0.05, 0) is 0 Å². The zero-order valence-electron chi connectivity index (χ0n) is 16.2. The quantitative estimate of drug-likeness (QED) is 0.0797. The van der Waals surface area contributed by atoms with Crippen molar-refractivity contribution in [1.29, 1.82) is 0 Å². The van der Waals surface area contributed by atoms with Crippen molar-refractivity contribution in [3.05, 3.63) is 0 Å². The van der Waals surface area contributed by atoms with E-state index in [2.05, 4.69) is 25.1 Å². The van der Waals surface area contributed by atoms with E-state index in [1.165, 1.54) is 0 Å². The summed E-state index contributed by atoms with van der Waals surface area (Å²) in [5.74, 6) is 0. The van der Waals surface area contributed by atoms with Crippen molar-refractivity contribution in [1.82, 2.24) is 0 Å². The van der Waals surface area contributed by atoms with Gasteiger partial charge in [0.15, 0.2) is 0 Å². The lowest BCUT2D eigenvalue weighted by Gasteiger charge is -2.32. The van der Waals surface area contributed by atoms with Gasteiger partial charge in [-0.25, -0.2) is 25.1 Å². The first-order chi connectivity index (χ1) is 15.6. The van der Waals surface area contributed by atoms with Crippen LogP contribution in [-0.4, -0.2) is 115 Å². The van der Waals surface area contributed by atoms with Crippen LogP contribution in [0.5, 0.6) is 0 Å². The second kappa shape index (κ2) is 12.4. The zero-order valence-corrected chi connectivity index (χ0v) is 21.1. The van der Waals surface area contributed by atoms with Crippen molar-refractivity contribution in [2.45, 2.75) is 24.4 Å². The second-order valence-electron chi connectivity index (χ2n) is 5.53. The Morgan fingerprint density at radius 3 is 0.778 bits per heavy atom. The van der Waals surface area contributed by atoms with E-state index in [9.17, 15) is 50.5 Å². The third-order valence-corrected chi connectivity index (χ3v) is 5.55. The van der Waals surface area contributed by atoms with Crippen molar-refractivity contribution >= 4 is 62.4 Å². The van der Waals surface area contributed by atoms with Crippen LogP contribution in [0.1, 0.15) is 0 Å². The molecule has 0 bridgehead atoms. The van der Waals surface area contributed by atoms with Crippen LogP contribution >= 0.6 is 0 Å². The Kier molecular flexibility index (Phi) is 12.1. The van der Waals surface area contributed by atoms with Crippen LogP contribution < -0.4 is 0 Å². The van der Waals surface area contributed by atoms with Crippen molar-refractivity contribution in [2.24, 2.45) is 0 Å². The average Bonchev–Trinajstić information content (AvgIpc) is 2.53. The molecule has 0 radical (unpaired) electrons. The molecule has 0 aromatic carbocycles. The number of hydrogen-bond donors (Lipinski definition) is 6. The highest BCUT2D eigenvalue weighted by Crippen LogP contribution is 2.24. The van der Waals surface area contributed by atoms with Crippen molar-refractivity contribution < 1.29 is 103 Å². The van der Waals surface area contributed by atoms with Gasteiger partial charge in [-0.3, -0.25) is 27.3 Å². The van der Waals surface area contributed by atoms with Gasteiger partial charge in [-0.15, -0.1) is 0 Å². The number of hydrogen-bond acceptors (Lipinski definition) is 18. The van der Waals surface area contributed by atoms with Crippen LogP contribution in [0, 0.1) is 0 Å². The van der Waals surface area contributed by atoms with E-state index in [1.54, 1.807) is 0 Å². The Hall–Kier alpha value is -0.780. The molecule has 0 saturated heterocycles. The Morgan fingerprint density at radius 1 is 0.389 bits per heavy atom. The first-order valence-corrected chi connectivity index (χ1v) is 15.6. The largest absolute Gasteiger partial charge is 0.397 e. The van der Waals surface area contributed by atoms with Crippen LogP contribution in [0.4, 0.5) is 0 Å². The summed E-state index contributed by atoms with van der Waals surface area (Å²) in [6, 6.07) is 0. The van der Waals surface area contributed by atoms with Gasteiger partial charge >= 0.3 is 62.4 Å². The fourth-order valence-electron chi connectivity index (χ4n) is 1.91. The molecule has 0 heterocycles. The molecule has 6 N–H and O–H groups in total. The zero-order chi connectivity index (χ0) is 29.0. The SMILES string of the molecule is O=S(=O)(O)OC[C@@H](OS(=O)(=O)O)[C@@H](OS(=O)(=O)O)[C@H](OS(=O)(=O)O)[C@@H](COS(=O)(=O)O)OS(=O)(=O)O. The van der Waals surface area contributed by atoms with Gasteiger partial charge in [-0.1, -0.05) is 0 Å². The molecular formula is C6H14O24S6. The van der Waals surface area contributed by atoms with Gasteiger partial charge in [0.2, 0.25) is 0 Å². The van der Waals surface area contributed by atoms with Crippen LogP contribution in [0.15, 0.2) is 0 Å². The molecule has 4 atom stereocenters. The van der Waals surface area contributed by atoms with Crippen molar-refractivity contribution in [3.8, 4) is 0 Å². The lowest BCUT2D eigenvalue weighted by Crippen LogP contribution is -2.54. The number of rotatable bonds is 17. The minimum Gasteiger partial charge on any atom is -0.264 e. The normalized spacial score (nSPS) is 17.8. The molecule has 36 heavy (non-hydrogen) atoms. The fourth-order valence-corrected chi connectivity index (χ4v) is 4.51. The molecule has 0 aliphatic heterocycles. The van der Waals surface area contributed by atoms with Crippen LogP contribution in [-0.2, 0) is 87.5 Å². The predicted octanol–water partition coefficient (Wildman–Crippen LogP) is -4.62. The van der Waals surface area contributed by atoms with Gasteiger partial charge in [0.05, 0.1) is 13.2 Å². The third-order valence-electron chi connectivity index (χ3n) is 2.77. The lowest BCUT2D eigenvalue weighted by molar-refractivity contribution is -0.0871.